The molecule has 0 radical (unpaired) electrons. The molecule has 0 unspecified atom stereocenters. The van der Waals surface area contributed by atoms with Crippen LogP contribution < -0.4 is 14.3 Å². The van der Waals surface area contributed by atoms with Gasteiger partial charge in [-0.1, -0.05) is 30.4 Å². The van der Waals surface area contributed by atoms with Gasteiger partial charge in [0.15, 0.2) is 11.5 Å². The van der Waals surface area contributed by atoms with E-state index in [-0.39, 0.29) is 0 Å². The Bertz CT molecular complexity index is 986. The van der Waals surface area contributed by atoms with Crippen LogP contribution in [-0.4, -0.2) is 24.5 Å². The van der Waals surface area contributed by atoms with E-state index >= 15 is 0 Å². The minimum absolute atomic E-state index is 0.688. The van der Waals surface area contributed by atoms with Gasteiger partial charge in [-0.25, -0.2) is 0 Å². The molecule has 0 saturated carbocycles. The quantitative estimate of drug-likeness (QED) is 0.513. The Morgan fingerprint density at radius 1 is 1.08 bits per heavy atom. The van der Waals surface area contributed by atoms with Crippen LogP contribution in [0.4, 0.5) is 0 Å². The van der Waals surface area contributed by atoms with Crippen LogP contribution in [0.25, 0.3) is 10.2 Å². The van der Waals surface area contributed by atoms with E-state index in [1.54, 1.807) is 25.6 Å². The maximum absolute atomic E-state index is 5.38. The second-order valence-corrected chi connectivity index (χ2v) is 6.49. The Balaban J connectivity index is 2.04. The third-order valence-electron chi connectivity index (χ3n) is 4.02. The molecule has 2 aromatic carbocycles. The molecule has 0 amide bonds. The standard InChI is InChI=1S/C19H21N3O2S/c1-5-14(13-10-11-16(23-3)17(12-13)24-4)20-21-19-22(2)15-8-6-7-9-18(15)25-19/h6-12H,5H2,1-4H3/b20-14-,21-19+. The molecule has 1 heterocycles. The molecule has 1 aromatic heterocycles. The lowest BCUT2D eigenvalue weighted by molar-refractivity contribution is 0.355. The molecule has 6 heteroatoms. The van der Waals surface area contributed by atoms with Crippen molar-refractivity contribution in [3.63, 3.8) is 0 Å². The largest absolute Gasteiger partial charge is 0.493 e. The average molecular weight is 355 g/mol. The zero-order valence-corrected chi connectivity index (χ0v) is 15.6. The summed E-state index contributed by atoms with van der Waals surface area (Å²) in [5.74, 6) is 1.39. The summed E-state index contributed by atoms with van der Waals surface area (Å²) >= 11 is 1.63. The summed E-state index contributed by atoms with van der Waals surface area (Å²) in [6.07, 6.45) is 0.771. The maximum Gasteiger partial charge on any atom is 0.211 e. The Hall–Kier alpha value is -2.60. The van der Waals surface area contributed by atoms with Crippen molar-refractivity contribution in [2.45, 2.75) is 13.3 Å². The molecular formula is C19H21N3O2S. The lowest BCUT2D eigenvalue weighted by atomic mass is 10.1. The van der Waals surface area contributed by atoms with Gasteiger partial charge in [0.05, 0.1) is 30.1 Å². The van der Waals surface area contributed by atoms with Crippen molar-refractivity contribution in [3.05, 3.63) is 52.8 Å². The molecule has 0 fully saturated rings. The molecule has 3 aromatic rings. The Labute approximate surface area is 150 Å². The molecule has 0 spiro atoms. The number of hydrogen-bond donors (Lipinski definition) is 0. The van der Waals surface area contributed by atoms with E-state index in [4.69, 9.17) is 9.47 Å². The predicted molar refractivity (Wildman–Crippen MR) is 103 cm³/mol. The van der Waals surface area contributed by atoms with Crippen molar-refractivity contribution in [3.8, 4) is 11.5 Å². The first kappa shape index (κ1) is 17.2. The van der Waals surface area contributed by atoms with Gasteiger partial charge in [-0.3, -0.25) is 0 Å². The maximum atomic E-state index is 5.38. The highest BCUT2D eigenvalue weighted by Crippen LogP contribution is 2.28. The highest BCUT2D eigenvalue weighted by atomic mass is 32.1. The summed E-state index contributed by atoms with van der Waals surface area (Å²) in [5, 5.41) is 8.99. The molecular weight excluding hydrogens is 334 g/mol. The average Bonchev–Trinajstić information content (AvgIpc) is 2.98. The van der Waals surface area contributed by atoms with Gasteiger partial charge in [0.2, 0.25) is 4.80 Å². The van der Waals surface area contributed by atoms with E-state index in [0.29, 0.717) is 11.5 Å². The van der Waals surface area contributed by atoms with E-state index in [2.05, 4.69) is 33.8 Å². The third-order valence-corrected chi connectivity index (χ3v) is 5.13. The molecule has 0 saturated heterocycles. The molecule has 0 N–H and O–H groups in total. The van der Waals surface area contributed by atoms with Crippen LogP contribution in [0.5, 0.6) is 11.5 Å². The second-order valence-electron chi connectivity index (χ2n) is 5.48. The Morgan fingerprint density at radius 2 is 1.84 bits per heavy atom. The summed E-state index contributed by atoms with van der Waals surface area (Å²) in [6.45, 7) is 2.07. The molecule has 3 rings (SSSR count). The van der Waals surface area contributed by atoms with E-state index < -0.39 is 0 Å². The van der Waals surface area contributed by atoms with Gasteiger partial charge in [0.1, 0.15) is 0 Å². The molecule has 130 valence electrons. The number of para-hydroxylation sites is 1. The topological polar surface area (TPSA) is 48.1 Å². The first-order valence-electron chi connectivity index (χ1n) is 8.05. The highest BCUT2D eigenvalue weighted by Gasteiger charge is 2.08. The summed E-state index contributed by atoms with van der Waals surface area (Å²) in [4.78, 5) is 0.868. The lowest BCUT2D eigenvalue weighted by Crippen LogP contribution is -2.10. The van der Waals surface area contributed by atoms with Crippen molar-refractivity contribution >= 4 is 27.3 Å². The number of benzene rings is 2. The first-order chi connectivity index (χ1) is 12.2. The SMILES string of the molecule is CC/C(=N/N=c1/sc2ccccc2n1C)c1ccc(OC)c(OC)c1. The van der Waals surface area contributed by atoms with Crippen LogP contribution in [0.15, 0.2) is 52.7 Å². The molecule has 0 atom stereocenters. The summed E-state index contributed by atoms with van der Waals surface area (Å²) in [6, 6.07) is 14.0. The summed E-state index contributed by atoms with van der Waals surface area (Å²) in [5.41, 5.74) is 3.04. The first-order valence-corrected chi connectivity index (χ1v) is 8.87. The van der Waals surface area contributed by atoms with Gasteiger partial charge < -0.3 is 14.0 Å². The van der Waals surface area contributed by atoms with Gasteiger partial charge in [-0.15, -0.1) is 5.10 Å². The van der Waals surface area contributed by atoms with Crippen LogP contribution in [0, 0.1) is 0 Å². The van der Waals surface area contributed by atoms with E-state index in [9.17, 15) is 0 Å². The van der Waals surface area contributed by atoms with Gasteiger partial charge in [0, 0.05) is 12.6 Å². The molecule has 0 aliphatic rings. The van der Waals surface area contributed by atoms with E-state index in [0.717, 1.165) is 28.0 Å². The number of hydrogen-bond acceptors (Lipinski definition) is 5. The minimum Gasteiger partial charge on any atom is -0.493 e. The van der Waals surface area contributed by atoms with E-state index in [1.165, 1.54) is 4.70 Å². The van der Waals surface area contributed by atoms with Crippen molar-refractivity contribution in [2.24, 2.45) is 17.3 Å². The smallest absolute Gasteiger partial charge is 0.211 e. The number of nitrogens with zero attached hydrogens (tertiary/aromatic N) is 3. The van der Waals surface area contributed by atoms with Crippen LogP contribution in [0.3, 0.4) is 0 Å². The predicted octanol–water partition coefficient (Wildman–Crippen LogP) is 3.97. The zero-order valence-electron chi connectivity index (χ0n) is 14.8. The molecule has 0 aliphatic carbocycles. The van der Waals surface area contributed by atoms with Crippen molar-refractivity contribution < 1.29 is 9.47 Å². The van der Waals surface area contributed by atoms with Crippen molar-refractivity contribution in [2.75, 3.05) is 14.2 Å². The number of fused-ring (bicyclic) bond motifs is 1. The lowest BCUT2D eigenvalue weighted by Gasteiger charge is -2.09. The fourth-order valence-electron chi connectivity index (χ4n) is 2.63. The minimum atomic E-state index is 0.688. The number of thiazole rings is 1. The van der Waals surface area contributed by atoms with Crippen LogP contribution >= 0.6 is 11.3 Å². The number of aromatic nitrogens is 1. The molecule has 0 bridgehead atoms. The van der Waals surface area contributed by atoms with Gasteiger partial charge >= 0.3 is 0 Å². The number of rotatable bonds is 5. The van der Waals surface area contributed by atoms with Gasteiger partial charge in [0.25, 0.3) is 0 Å². The van der Waals surface area contributed by atoms with Crippen LogP contribution in [0.1, 0.15) is 18.9 Å². The second kappa shape index (κ2) is 7.53. The van der Waals surface area contributed by atoms with Crippen LogP contribution in [0.2, 0.25) is 0 Å². The summed E-state index contributed by atoms with van der Waals surface area (Å²) in [7, 11) is 5.27. The van der Waals surface area contributed by atoms with Crippen molar-refractivity contribution in [1.82, 2.24) is 4.57 Å². The number of methoxy groups -OCH3 is 2. The molecule has 0 aliphatic heterocycles. The van der Waals surface area contributed by atoms with Gasteiger partial charge in [-0.2, -0.15) is 5.10 Å². The number of ether oxygens (including phenoxy) is 2. The highest BCUT2D eigenvalue weighted by molar-refractivity contribution is 7.16. The monoisotopic (exact) mass is 355 g/mol. The fourth-order valence-corrected chi connectivity index (χ4v) is 3.60. The summed E-state index contributed by atoms with van der Waals surface area (Å²) < 4.78 is 13.9. The van der Waals surface area contributed by atoms with E-state index in [1.807, 2.05) is 37.4 Å². The molecule has 5 nitrogen and oxygen atoms in total. The fraction of sp³-hybridized carbons (Fsp3) is 0.263. The van der Waals surface area contributed by atoms with Crippen LogP contribution in [-0.2, 0) is 7.05 Å². The normalized spacial score (nSPS) is 12.6. The number of aryl methyl sites for hydroxylation is 1. The molecule has 25 heavy (non-hydrogen) atoms. The Kier molecular flexibility index (Phi) is 5.19. The Morgan fingerprint density at radius 3 is 2.52 bits per heavy atom. The van der Waals surface area contributed by atoms with Crippen molar-refractivity contribution in [1.29, 1.82) is 0 Å². The van der Waals surface area contributed by atoms with Gasteiger partial charge in [-0.05, 0) is 36.8 Å². The third kappa shape index (κ3) is 3.44. The zero-order chi connectivity index (χ0) is 17.8.